The maximum Gasteiger partial charge on any atom is 0.259 e. The smallest absolute Gasteiger partial charge is 0.259 e. The minimum atomic E-state index is -0.368. The van der Waals surface area contributed by atoms with E-state index in [2.05, 4.69) is 15.3 Å². The number of benzene rings is 1. The third kappa shape index (κ3) is 3.62. The van der Waals surface area contributed by atoms with Crippen LogP contribution in [-0.4, -0.2) is 22.1 Å². The Morgan fingerprint density at radius 1 is 1.25 bits per heavy atom. The van der Waals surface area contributed by atoms with Gasteiger partial charge in [-0.05, 0) is 37.4 Å². The summed E-state index contributed by atoms with van der Waals surface area (Å²) in [6.07, 6.45) is 1.92. The van der Waals surface area contributed by atoms with Gasteiger partial charge in [0.25, 0.3) is 5.91 Å². The maximum absolute atomic E-state index is 12.2. The van der Waals surface area contributed by atoms with Crippen LogP contribution >= 0.6 is 35.0 Å². The van der Waals surface area contributed by atoms with E-state index < -0.39 is 0 Å². The van der Waals surface area contributed by atoms with Crippen LogP contribution in [0.25, 0.3) is 0 Å². The number of halogens is 2. The molecule has 104 valence electrons. The van der Waals surface area contributed by atoms with E-state index in [4.69, 9.17) is 23.2 Å². The first-order valence-electron chi connectivity index (χ1n) is 5.65. The quantitative estimate of drug-likeness (QED) is 0.682. The van der Waals surface area contributed by atoms with Crippen LogP contribution in [0.5, 0.6) is 0 Å². The second-order valence-electron chi connectivity index (χ2n) is 3.96. The Kier molecular flexibility index (Phi) is 4.86. The van der Waals surface area contributed by atoms with Gasteiger partial charge in [0, 0.05) is 10.6 Å². The van der Waals surface area contributed by atoms with E-state index in [9.17, 15) is 4.79 Å². The number of amides is 1. The van der Waals surface area contributed by atoms with Crippen LogP contribution in [-0.2, 0) is 0 Å². The molecule has 0 aliphatic rings. The van der Waals surface area contributed by atoms with E-state index >= 15 is 0 Å². The zero-order chi connectivity index (χ0) is 14.7. The van der Waals surface area contributed by atoms with Gasteiger partial charge in [-0.3, -0.25) is 10.1 Å². The molecule has 0 bridgehead atoms. The molecule has 2 rings (SSSR count). The van der Waals surface area contributed by atoms with Crippen molar-refractivity contribution in [1.82, 2.24) is 9.97 Å². The molecular formula is C13H11Cl2N3OS. The highest BCUT2D eigenvalue weighted by Gasteiger charge is 2.13. The molecule has 0 atom stereocenters. The highest BCUT2D eigenvalue weighted by molar-refractivity contribution is 7.98. The number of nitrogens with one attached hydrogen (secondary N) is 1. The number of aromatic nitrogens is 2. The summed E-state index contributed by atoms with van der Waals surface area (Å²) in [5.74, 6) is -0.210. The molecule has 0 unspecified atom stereocenters. The third-order valence-electron chi connectivity index (χ3n) is 2.47. The summed E-state index contributed by atoms with van der Waals surface area (Å²) in [5, 5.41) is 3.24. The number of rotatable bonds is 3. The molecule has 1 amide bonds. The van der Waals surface area contributed by atoms with E-state index in [-0.39, 0.29) is 17.0 Å². The number of hydrogen-bond acceptors (Lipinski definition) is 4. The van der Waals surface area contributed by atoms with Gasteiger partial charge in [0.1, 0.15) is 5.15 Å². The third-order valence-corrected chi connectivity index (χ3v) is 3.71. The molecule has 0 aliphatic carbocycles. The summed E-state index contributed by atoms with van der Waals surface area (Å²) in [6, 6.07) is 6.87. The normalized spacial score (nSPS) is 10.4. The summed E-state index contributed by atoms with van der Waals surface area (Å²) in [7, 11) is 0. The van der Waals surface area contributed by atoms with Crippen LogP contribution in [0.1, 0.15) is 16.1 Å². The zero-order valence-corrected chi connectivity index (χ0v) is 13.1. The van der Waals surface area contributed by atoms with Crippen molar-refractivity contribution in [2.45, 2.75) is 11.8 Å². The number of nitrogens with zero attached hydrogens (tertiary/aromatic N) is 2. The van der Waals surface area contributed by atoms with E-state index in [0.717, 1.165) is 4.90 Å². The van der Waals surface area contributed by atoms with Crippen molar-refractivity contribution in [2.75, 3.05) is 11.6 Å². The standard InChI is InChI=1S/C13H11Cl2N3OS/c1-7-5-11(15)17-13(16-7)18-12(19)9-6-8(20-2)3-4-10(9)14/h3-6H,1-2H3,(H,16,17,18,19). The fourth-order valence-corrected chi connectivity index (χ4v) is 2.44. The molecule has 20 heavy (non-hydrogen) atoms. The number of carbonyl (C=O) groups is 1. The van der Waals surface area contributed by atoms with Crippen molar-refractivity contribution in [3.05, 3.63) is 45.7 Å². The van der Waals surface area contributed by atoms with Crippen molar-refractivity contribution >= 4 is 46.8 Å². The fourth-order valence-electron chi connectivity index (χ4n) is 1.56. The lowest BCUT2D eigenvalue weighted by Crippen LogP contribution is -2.15. The molecule has 7 heteroatoms. The molecule has 4 nitrogen and oxygen atoms in total. The molecule has 1 aromatic carbocycles. The van der Waals surface area contributed by atoms with Crippen molar-refractivity contribution in [3.63, 3.8) is 0 Å². The van der Waals surface area contributed by atoms with E-state index in [0.29, 0.717) is 16.3 Å². The van der Waals surface area contributed by atoms with Crippen LogP contribution in [0.4, 0.5) is 5.95 Å². The first kappa shape index (κ1) is 15.1. The average molecular weight is 328 g/mol. The Balaban J connectivity index is 2.27. The van der Waals surface area contributed by atoms with Crippen molar-refractivity contribution in [3.8, 4) is 0 Å². The Hall–Kier alpha value is -1.30. The molecule has 0 aliphatic heterocycles. The van der Waals surface area contributed by atoms with Crippen LogP contribution in [0.2, 0.25) is 10.2 Å². The first-order valence-corrected chi connectivity index (χ1v) is 7.63. The lowest BCUT2D eigenvalue weighted by Gasteiger charge is -2.07. The highest BCUT2D eigenvalue weighted by Crippen LogP contribution is 2.23. The van der Waals surface area contributed by atoms with E-state index in [1.165, 1.54) is 11.8 Å². The first-order chi connectivity index (χ1) is 9.49. The molecule has 1 N–H and O–H groups in total. The Labute approximate surface area is 130 Å². The molecule has 0 saturated heterocycles. The zero-order valence-electron chi connectivity index (χ0n) is 10.8. The number of aryl methyl sites for hydroxylation is 1. The van der Waals surface area contributed by atoms with Gasteiger partial charge in [0.15, 0.2) is 0 Å². The summed E-state index contributed by atoms with van der Waals surface area (Å²) in [5.41, 5.74) is 1.05. The van der Waals surface area contributed by atoms with Gasteiger partial charge in [0.2, 0.25) is 5.95 Å². The van der Waals surface area contributed by atoms with E-state index in [1.54, 1.807) is 25.1 Å². The second kappa shape index (κ2) is 6.43. The van der Waals surface area contributed by atoms with Crippen LogP contribution in [0.3, 0.4) is 0 Å². The summed E-state index contributed by atoms with van der Waals surface area (Å²) in [4.78, 5) is 21.2. The van der Waals surface area contributed by atoms with E-state index in [1.807, 2.05) is 12.3 Å². The molecule has 1 aromatic heterocycles. The molecule has 2 aromatic rings. The van der Waals surface area contributed by atoms with Gasteiger partial charge in [-0.25, -0.2) is 9.97 Å². The average Bonchev–Trinajstić information content (AvgIpc) is 2.37. The molecule has 0 fully saturated rings. The number of anilines is 1. The molecule has 0 saturated carbocycles. The monoisotopic (exact) mass is 327 g/mol. The molecule has 0 spiro atoms. The Bertz CT molecular complexity index is 644. The highest BCUT2D eigenvalue weighted by atomic mass is 35.5. The van der Waals surface area contributed by atoms with Gasteiger partial charge in [0.05, 0.1) is 10.6 Å². The second-order valence-corrected chi connectivity index (χ2v) is 5.63. The van der Waals surface area contributed by atoms with Crippen molar-refractivity contribution < 1.29 is 4.79 Å². The van der Waals surface area contributed by atoms with Crippen LogP contribution < -0.4 is 5.32 Å². The number of carbonyl (C=O) groups excluding carboxylic acids is 1. The predicted octanol–water partition coefficient (Wildman–Crippen LogP) is 4.07. The predicted molar refractivity (Wildman–Crippen MR) is 83.0 cm³/mol. The van der Waals surface area contributed by atoms with Crippen molar-refractivity contribution in [1.29, 1.82) is 0 Å². The topological polar surface area (TPSA) is 54.9 Å². The molecule has 0 radical (unpaired) electrons. The SMILES string of the molecule is CSc1ccc(Cl)c(C(=O)Nc2nc(C)cc(Cl)n2)c1. The van der Waals surface area contributed by atoms with Gasteiger partial charge in [-0.1, -0.05) is 23.2 Å². The van der Waals surface area contributed by atoms with Gasteiger partial charge in [-0.2, -0.15) is 0 Å². The Morgan fingerprint density at radius 3 is 2.65 bits per heavy atom. The fraction of sp³-hybridized carbons (Fsp3) is 0.154. The minimum absolute atomic E-state index is 0.158. The molecular weight excluding hydrogens is 317 g/mol. The minimum Gasteiger partial charge on any atom is -0.290 e. The molecule has 1 heterocycles. The van der Waals surface area contributed by atoms with Crippen LogP contribution in [0, 0.1) is 6.92 Å². The van der Waals surface area contributed by atoms with Crippen LogP contribution in [0.15, 0.2) is 29.2 Å². The Morgan fingerprint density at radius 2 is 2.00 bits per heavy atom. The number of hydrogen-bond donors (Lipinski definition) is 1. The van der Waals surface area contributed by atoms with Gasteiger partial charge >= 0.3 is 0 Å². The lowest BCUT2D eigenvalue weighted by molar-refractivity contribution is 0.102. The summed E-state index contributed by atoms with van der Waals surface area (Å²) in [6.45, 7) is 1.77. The summed E-state index contributed by atoms with van der Waals surface area (Å²) < 4.78 is 0. The maximum atomic E-state index is 12.2. The van der Waals surface area contributed by atoms with Gasteiger partial charge in [-0.15, -0.1) is 11.8 Å². The van der Waals surface area contributed by atoms with Gasteiger partial charge < -0.3 is 0 Å². The lowest BCUT2D eigenvalue weighted by atomic mass is 10.2. The summed E-state index contributed by atoms with van der Waals surface area (Å²) >= 11 is 13.4. The van der Waals surface area contributed by atoms with Crippen molar-refractivity contribution in [2.24, 2.45) is 0 Å². The largest absolute Gasteiger partial charge is 0.290 e. The number of thioether (sulfide) groups is 1.